The number of rotatable bonds is 11. The van der Waals surface area contributed by atoms with Crippen molar-refractivity contribution in [2.75, 3.05) is 40.0 Å². The highest BCUT2D eigenvalue weighted by Crippen LogP contribution is 2.40. The minimum Gasteiger partial charge on any atom is -0.458 e. The van der Waals surface area contributed by atoms with Crippen LogP contribution in [0.1, 0.15) is 93.9 Å². The van der Waals surface area contributed by atoms with E-state index >= 15 is 0 Å². The lowest BCUT2D eigenvalue weighted by atomic mass is 9.78. The van der Waals surface area contributed by atoms with E-state index in [2.05, 4.69) is 22.6 Å². The second-order valence-corrected chi connectivity index (χ2v) is 18.1. The van der Waals surface area contributed by atoms with Crippen LogP contribution in [0.4, 0.5) is 10.5 Å². The summed E-state index contributed by atoms with van der Waals surface area (Å²) in [5.74, 6) is -3.05. The molecule has 2 aromatic rings. The summed E-state index contributed by atoms with van der Waals surface area (Å²) < 4.78 is 33.3. The molecule has 1 aromatic carbocycles. The molecule has 60 heavy (non-hydrogen) atoms. The number of nitrogens with zero attached hydrogens (tertiary/aromatic N) is 5. The predicted octanol–water partition coefficient (Wildman–Crippen LogP) is 4.67. The Hall–Kier alpha value is -3.67. The summed E-state index contributed by atoms with van der Waals surface area (Å²) in [6.07, 6.45) is 1.05. The fourth-order valence-electron chi connectivity index (χ4n) is 9.65. The van der Waals surface area contributed by atoms with E-state index in [1.54, 1.807) is 30.5 Å². The van der Waals surface area contributed by atoms with Crippen LogP contribution in [-0.4, -0.2) is 142 Å². The number of aryl methyl sites for hydroxylation is 1. The lowest BCUT2D eigenvalue weighted by Gasteiger charge is -2.47. The van der Waals surface area contributed by atoms with Gasteiger partial charge in [0.15, 0.2) is 17.7 Å². The van der Waals surface area contributed by atoms with Gasteiger partial charge in [0, 0.05) is 49.5 Å². The molecule has 13 atom stereocenters. The molecule has 3 aliphatic heterocycles. The lowest BCUT2D eigenvalue weighted by Crippen LogP contribution is -2.61. The number of hydrogen-bond acceptors (Lipinski definition) is 14. The third-order valence-corrected chi connectivity index (χ3v) is 13.1. The van der Waals surface area contributed by atoms with Crippen LogP contribution in [0.3, 0.4) is 0 Å². The normalized spacial score (nSPS) is 36.2. The van der Waals surface area contributed by atoms with Gasteiger partial charge >= 0.3 is 12.1 Å². The van der Waals surface area contributed by atoms with E-state index in [1.807, 2.05) is 84.1 Å². The van der Waals surface area contributed by atoms with Gasteiger partial charge < -0.3 is 44.7 Å². The molecule has 16 heteroatoms. The molecule has 0 spiro atoms. The Morgan fingerprint density at radius 1 is 1.08 bits per heavy atom. The first kappa shape index (κ1) is 47.4. The number of nitrogen functional groups attached to an aromatic ring is 1. The fraction of sp³-hybridized carbons (Fsp3) is 0.750. The van der Waals surface area contributed by atoms with Crippen molar-refractivity contribution in [2.24, 2.45) is 17.8 Å². The number of ether oxygens (including phenoxy) is 5. The third-order valence-electron chi connectivity index (χ3n) is 13.1. The number of aliphatic hydroxyl groups is 1. The SMILES string of the molecule is CC[C@H]1OC(=O)[C@H](C)C(=O)[C@H](C)[C@@H](O[C@@H]2OC(C)CC(N(C)C)C2O)[C@](C)(OC)C[C@@H](C)CCN[C@H](C)[C@H]2N(CCCCn3cc(-c4cccc(N)c4)nn3)C(=O)O[C@]12C. The maximum Gasteiger partial charge on any atom is 0.410 e. The van der Waals surface area contributed by atoms with E-state index in [0.717, 1.165) is 24.1 Å². The molecule has 16 nitrogen and oxygen atoms in total. The first-order valence-electron chi connectivity index (χ1n) is 21.8. The lowest BCUT2D eigenvalue weighted by molar-refractivity contribution is -0.295. The number of hydrogen-bond donors (Lipinski definition) is 3. The number of fused-ring (bicyclic) bond motifs is 1. The molecule has 3 saturated heterocycles. The Labute approximate surface area is 356 Å². The molecule has 0 bridgehead atoms. The Morgan fingerprint density at radius 3 is 2.47 bits per heavy atom. The molecule has 1 amide bonds. The Balaban J connectivity index is 1.36. The molecule has 0 radical (unpaired) electrons. The number of amides is 1. The predicted molar refractivity (Wildman–Crippen MR) is 227 cm³/mol. The maximum absolute atomic E-state index is 14.4. The van der Waals surface area contributed by atoms with Gasteiger partial charge in [-0.3, -0.25) is 19.2 Å². The van der Waals surface area contributed by atoms with Crippen LogP contribution in [0.2, 0.25) is 0 Å². The van der Waals surface area contributed by atoms with Crippen LogP contribution in [0.5, 0.6) is 0 Å². The highest BCUT2D eigenvalue weighted by Gasteiger charge is 2.58. The molecular formula is C44H71N7O9. The van der Waals surface area contributed by atoms with Crippen molar-refractivity contribution >= 4 is 23.5 Å². The third kappa shape index (κ3) is 10.5. The number of ketones is 1. The standard InChI is InChI=1S/C44H71N7O9/c1-12-35-44(8)38(51(42(55)60-44)21-14-13-20-50-25-33(47-48-50)31-16-15-17-32(45)23-31)30(6)46-19-18-26(2)24-43(7,56-11)39(28(4)36(52)29(5)40(54)58-35)59-41-37(53)34(49(9)10)22-27(3)57-41/h15-17,23,25-30,34-35,37-39,41,46,53H,12-14,18-22,24,45H2,1-11H3/t26-,27?,28-,29+,30+,34?,35+,37?,38+,39+,41-,43+,44+/m0/s1. The monoisotopic (exact) mass is 842 g/mol. The average molecular weight is 842 g/mol. The molecule has 3 aliphatic rings. The molecule has 336 valence electrons. The number of aromatic nitrogens is 3. The van der Waals surface area contributed by atoms with E-state index in [1.165, 1.54) is 0 Å². The van der Waals surface area contributed by atoms with Crippen LogP contribution in [0.15, 0.2) is 30.5 Å². The Kier molecular flexibility index (Phi) is 15.8. The molecule has 4 heterocycles. The highest BCUT2D eigenvalue weighted by molar-refractivity contribution is 6.00. The van der Waals surface area contributed by atoms with Gasteiger partial charge in [-0.05, 0) is 112 Å². The van der Waals surface area contributed by atoms with Crippen molar-refractivity contribution in [3.8, 4) is 11.3 Å². The van der Waals surface area contributed by atoms with Crippen molar-refractivity contribution in [3.63, 3.8) is 0 Å². The van der Waals surface area contributed by atoms with Crippen LogP contribution >= 0.6 is 0 Å². The average Bonchev–Trinajstić information content (AvgIpc) is 3.78. The molecule has 1 aromatic heterocycles. The number of nitrogens with two attached hydrogens (primary N) is 1. The van der Waals surface area contributed by atoms with Crippen LogP contribution < -0.4 is 11.1 Å². The number of likely N-dealkylation sites (N-methyl/N-ethyl adjacent to an activating group) is 1. The van der Waals surface area contributed by atoms with E-state index < -0.39 is 65.7 Å². The van der Waals surface area contributed by atoms with Gasteiger partial charge in [-0.1, -0.05) is 38.1 Å². The van der Waals surface area contributed by atoms with Gasteiger partial charge in [0.2, 0.25) is 0 Å². The minimum atomic E-state index is -1.22. The largest absolute Gasteiger partial charge is 0.458 e. The van der Waals surface area contributed by atoms with Gasteiger partial charge in [-0.2, -0.15) is 0 Å². The number of carbonyl (C=O) groups is 3. The molecule has 3 unspecified atom stereocenters. The number of Topliss-reactive ketones (excluding diaryl/α,β-unsaturated/α-hetero) is 1. The van der Waals surface area contributed by atoms with E-state index in [0.29, 0.717) is 51.0 Å². The Bertz CT molecular complexity index is 1760. The van der Waals surface area contributed by atoms with Crippen LogP contribution in [-0.2, 0) is 39.8 Å². The second kappa shape index (κ2) is 20.0. The number of anilines is 1. The zero-order valence-corrected chi connectivity index (χ0v) is 37.6. The van der Waals surface area contributed by atoms with E-state index in [-0.39, 0.29) is 29.9 Å². The summed E-state index contributed by atoms with van der Waals surface area (Å²) in [5, 5.41) is 23.7. The summed E-state index contributed by atoms with van der Waals surface area (Å²) >= 11 is 0. The second-order valence-electron chi connectivity index (χ2n) is 18.1. The van der Waals surface area contributed by atoms with Gasteiger partial charge in [-0.25, -0.2) is 4.79 Å². The quantitative estimate of drug-likeness (QED) is 0.122. The first-order chi connectivity index (χ1) is 28.3. The van der Waals surface area contributed by atoms with E-state index in [9.17, 15) is 19.5 Å². The van der Waals surface area contributed by atoms with Crippen LogP contribution in [0, 0.1) is 17.8 Å². The van der Waals surface area contributed by atoms with Gasteiger partial charge in [0.05, 0.1) is 30.0 Å². The minimum absolute atomic E-state index is 0.0906. The molecule has 5 rings (SSSR count). The summed E-state index contributed by atoms with van der Waals surface area (Å²) in [7, 11) is 5.41. The number of cyclic esters (lactones) is 1. The number of aliphatic hydroxyl groups excluding tert-OH is 1. The summed E-state index contributed by atoms with van der Waals surface area (Å²) in [5.41, 5.74) is 6.00. The van der Waals surface area contributed by atoms with Crippen molar-refractivity contribution in [1.82, 2.24) is 30.1 Å². The van der Waals surface area contributed by atoms with Crippen molar-refractivity contribution < 1.29 is 43.2 Å². The fourth-order valence-corrected chi connectivity index (χ4v) is 9.65. The molecule has 3 fully saturated rings. The Morgan fingerprint density at radius 2 is 1.80 bits per heavy atom. The number of esters is 1. The van der Waals surface area contributed by atoms with Crippen molar-refractivity contribution in [2.45, 2.75) is 160 Å². The molecule has 4 N–H and O–H groups in total. The maximum atomic E-state index is 14.4. The smallest absolute Gasteiger partial charge is 0.410 e. The number of unbranched alkanes of at least 4 members (excludes halogenated alkanes) is 1. The number of methoxy groups -OCH3 is 1. The number of nitrogens with one attached hydrogen (secondary N) is 1. The zero-order valence-electron chi connectivity index (χ0n) is 37.6. The summed E-state index contributed by atoms with van der Waals surface area (Å²) in [6.45, 7) is 16.6. The summed E-state index contributed by atoms with van der Waals surface area (Å²) in [4.78, 5) is 46.0. The first-order valence-corrected chi connectivity index (χ1v) is 21.8. The molecule has 0 saturated carbocycles. The van der Waals surface area contributed by atoms with Crippen LogP contribution in [0.25, 0.3) is 11.3 Å². The van der Waals surface area contributed by atoms with Gasteiger partial charge in [0.1, 0.15) is 23.8 Å². The van der Waals surface area contributed by atoms with E-state index in [4.69, 9.17) is 29.4 Å². The summed E-state index contributed by atoms with van der Waals surface area (Å²) in [6, 6.07) is 6.53. The molecular weight excluding hydrogens is 771 g/mol. The van der Waals surface area contributed by atoms with Crippen molar-refractivity contribution in [3.05, 3.63) is 30.5 Å². The molecule has 0 aliphatic carbocycles. The highest BCUT2D eigenvalue weighted by atomic mass is 16.7. The topological polar surface area (TPSA) is 193 Å². The zero-order chi connectivity index (χ0) is 44.1. The number of carbonyl (C=O) groups excluding carboxylic acids is 3. The van der Waals surface area contributed by atoms with Crippen molar-refractivity contribution in [1.29, 1.82) is 0 Å². The number of benzene rings is 1. The van der Waals surface area contributed by atoms with Gasteiger partial charge in [0.25, 0.3) is 0 Å². The van der Waals surface area contributed by atoms with Gasteiger partial charge in [-0.15, -0.1) is 5.10 Å².